The van der Waals surface area contributed by atoms with E-state index in [4.69, 9.17) is 0 Å². The minimum Gasteiger partial charge on any atom is -0.305 e. The van der Waals surface area contributed by atoms with Crippen LogP contribution < -0.4 is 5.32 Å². The van der Waals surface area contributed by atoms with Crippen molar-refractivity contribution in [3.8, 4) is 11.9 Å². The number of benzene rings is 2. The van der Waals surface area contributed by atoms with Gasteiger partial charge in [0.25, 0.3) is 5.91 Å². The fourth-order valence-corrected chi connectivity index (χ4v) is 2.98. The molecule has 0 aliphatic heterocycles. The fraction of sp³-hybridized carbons (Fsp3) is 0.0476. The normalized spacial score (nSPS) is 10.6. The molecule has 0 saturated heterocycles. The minimum absolute atomic E-state index is 0.123. The van der Waals surface area contributed by atoms with Gasteiger partial charge >= 0.3 is 0 Å². The monoisotopic (exact) mass is 371 g/mol. The molecule has 1 amide bonds. The molecule has 28 heavy (non-hydrogen) atoms. The summed E-state index contributed by atoms with van der Waals surface area (Å²) in [6.45, 7) is 1.94. The highest BCUT2D eigenvalue weighted by atomic mass is 19.1. The molecule has 7 heteroatoms. The Bertz CT molecular complexity index is 1260. The number of nitrogens with zero attached hydrogens (tertiary/aromatic N) is 4. The van der Waals surface area contributed by atoms with E-state index < -0.39 is 11.7 Å². The zero-order valence-electron chi connectivity index (χ0n) is 14.8. The molecule has 6 nitrogen and oxygen atoms in total. The average Bonchev–Trinajstić information content (AvgIpc) is 3.10. The molecule has 0 saturated carbocycles. The lowest BCUT2D eigenvalue weighted by molar-refractivity contribution is 0.102. The number of hydrogen-bond acceptors (Lipinski definition) is 4. The summed E-state index contributed by atoms with van der Waals surface area (Å²) in [6.07, 6.45) is 1.34. The zero-order valence-corrected chi connectivity index (χ0v) is 14.8. The number of pyridine rings is 1. The van der Waals surface area contributed by atoms with Crippen molar-refractivity contribution in [2.24, 2.45) is 0 Å². The highest BCUT2D eigenvalue weighted by Gasteiger charge is 2.19. The smallest absolute Gasteiger partial charge is 0.259 e. The number of nitrogens with one attached hydrogen (secondary N) is 1. The lowest BCUT2D eigenvalue weighted by Gasteiger charge is -2.11. The number of nitriles is 1. The topological polar surface area (TPSA) is 83.6 Å². The number of para-hydroxylation sites is 1. The summed E-state index contributed by atoms with van der Waals surface area (Å²) < 4.78 is 15.3. The standard InChI is InChI=1S/C21H14FN5O/c1-13-10-19(25-18-9-5-3-6-15(13)18)27-20(14(11-23)12-24-27)26-21(28)16-7-2-4-8-17(16)22/h2-10,12H,1H3,(H,26,28). The van der Waals surface area contributed by atoms with Crippen molar-refractivity contribution in [2.45, 2.75) is 6.92 Å². The van der Waals surface area contributed by atoms with Crippen LogP contribution in [0.5, 0.6) is 0 Å². The zero-order chi connectivity index (χ0) is 19.7. The number of halogens is 1. The third-order valence-electron chi connectivity index (χ3n) is 4.37. The fourth-order valence-electron chi connectivity index (χ4n) is 2.98. The molecule has 2 aromatic carbocycles. The molecule has 2 aromatic heterocycles. The van der Waals surface area contributed by atoms with Gasteiger partial charge in [-0.2, -0.15) is 15.0 Å². The van der Waals surface area contributed by atoms with Crippen molar-refractivity contribution in [1.82, 2.24) is 14.8 Å². The number of aryl methyl sites for hydroxylation is 1. The van der Waals surface area contributed by atoms with Crippen LogP contribution in [0.25, 0.3) is 16.7 Å². The average molecular weight is 371 g/mol. The first-order valence-electron chi connectivity index (χ1n) is 8.49. The first kappa shape index (κ1) is 17.4. The Morgan fingerprint density at radius 2 is 1.93 bits per heavy atom. The van der Waals surface area contributed by atoms with E-state index in [0.717, 1.165) is 16.5 Å². The van der Waals surface area contributed by atoms with Crippen LogP contribution in [0.1, 0.15) is 21.5 Å². The van der Waals surface area contributed by atoms with E-state index in [1.165, 1.54) is 29.1 Å². The first-order valence-corrected chi connectivity index (χ1v) is 8.49. The van der Waals surface area contributed by atoms with Gasteiger partial charge in [-0.25, -0.2) is 9.37 Å². The second kappa shape index (κ2) is 6.93. The summed E-state index contributed by atoms with van der Waals surface area (Å²) in [6, 6.07) is 17.1. The Hall–Kier alpha value is -4.05. The summed E-state index contributed by atoms with van der Waals surface area (Å²) in [5, 5.41) is 17.2. The number of amides is 1. The van der Waals surface area contributed by atoms with Gasteiger partial charge in [-0.05, 0) is 36.8 Å². The van der Waals surface area contributed by atoms with Gasteiger partial charge in [0.2, 0.25) is 0 Å². The number of carbonyl (C=O) groups excluding carboxylic acids is 1. The van der Waals surface area contributed by atoms with Gasteiger partial charge in [-0.3, -0.25) is 4.79 Å². The molecule has 4 rings (SSSR count). The molecule has 0 spiro atoms. The highest BCUT2D eigenvalue weighted by molar-refractivity contribution is 6.04. The lowest BCUT2D eigenvalue weighted by Crippen LogP contribution is -2.17. The summed E-state index contributed by atoms with van der Waals surface area (Å²) in [5.74, 6) is -0.738. The Morgan fingerprint density at radius 1 is 1.18 bits per heavy atom. The van der Waals surface area contributed by atoms with E-state index >= 15 is 0 Å². The number of carbonyl (C=O) groups is 1. The lowest BCUT2D eigenvalue weighted by atomic mass is 10.1. The van der Waals surface area contributed by atoms with Crippen LogP contribution in [0.15, 0.2) is 60.8 Å². The second-order valence-electron chi connectivity index (χ2n) is 6.18. The molecular formula is C21H14FN5O. The van der Waals surface area contributed by atoms with Crippen molar-refractivity contribution < 1.29 is 9.18 Å². The number of anilines is 1. The van der Waals surface area contributed by atoms with Crippen LogP contribution in [0.4, 0.5) is 10.2 Å². The Morgan fingerprint density at radius 3 is 2.71 bits per heavy atom. The molecular weight excluding hydrogens is 357 g/mol. The van der Waals surface area contributed by atoms with E-state index in [1.54, 1.807) is 6.07 Å². The van der Waals surface area contributed by atoms with E-state index in [9.17, 15) is 14.4 Å². The molecule has 4 aromatic rings. The maximum atomic E-state index is 13.9. The van der Waals surface area contributed by atoms with E-state index in [2.05, 4.69) is 15.4 Å². The predicted molar refractivity (Wildman–Crippen MR) is 103 cm³/mol. The van der Waals surface area contributed by atoms with E-state index in [-0.39, 0.29) is 16.9 Å². The Labute approximate surface area is 159 Å². The van der Waals surface area contributed by atoms with Crippen LogP contribution >= 0.6 is 0 Å². The first-order chi connectivity index (χ1) is 13.6. The van der Waals surface area contributed by atoms with Crippen molar-refractivity contribution in [2.75, 3.05) is 5.32 Å². The minimum atomic E-state index is -0.672. The summed E-state index contributed by atoms with van der Waals surface area (Å²) in [4.78, 5) is 17.1. The maximum Gasteiger partial charge on any atom is 0.259 e. The maximum absolute atomic E-state index is 13.9. The number of fused-ring (bicyclic) bond motifs is 1. The molecule has 0 bridgehead atoms. The predicted octanol–water partition coefficient (Wildman–Crippen LogP) is 3.99. The molecule has 0 radical (unpaired) electrons. The van der Waals surface area contributed by atoms with E-state index in [1.807, 2.05) is 43.3 Å². The van der Waals surface area contributed by atoms with Crippen LogP contribution in [0, 0.1) is 24.1 Å². The van der Waals surface area contributed by atoms with E-state index in [0.29, 0.717) is 5.82 Å². The third-order valence-corrected chi connectivity index (χ3v) is 4.37. The van der Waals surface area contributed by atoms with Crippen LogP contribution in [0.3, 0.4) is 0 Å². The molecule has 0 atom stereocenters. The number of hydrogen-bond donors (Lipinski definition) is 1. The second-order valence-corrected chi connectivity index (χ2v) is 6.18. The third kappa shape index (κ3) is 2.97. The Kier molecular flexibility index (Phi) is 4.30. The van der Waals surface area contributed by atoms with Crippen LogP contribution in [0.2, 0.25) is 0 Å². The molecule has 0 unspecified atom stereocenters. The summed E-state index contributed by atoms with van der Waals surface area (Å²) in [7, 11) is 0. The van der Waals surface area contributed by atoms with Gasteiger partial charge in [-0.1, -0.05) is 30.3 Å². The molecule has 136 valence electrons. The molecule has 0 aliphatic carbocycles. The van der Waals surface area contributed by atoms with Crippen LogP contribution in [-0.4, -0.2) is 20.7 Å². The Balaban J connectivity index is 1.80. The molecule has 2 heterocycles. The number of aromatic nitrogens is 3. The SMILES string of the molecule is Cc1cc(-n2ncc(C#N)c2NC(=O)c2ccccc2F)nc2ccccc12. The van der Waals surface area contributed by atoms with Gasteiger partial charge in [0.1, 0.15) is 17.4 Å². The number of rotatable bonds is 3. The largest absolute Gasteiger partial charge is 0.305 e. The summed E-state index contributed by atoms with van der Waals surface area (Å²) in [5.41, 5.74) is 1.76. The quantitative estimate of drug-likeness (QED) is 0.590. The van der Waals surface area contributed by atoms with Crippen molar-refractivity contribution >= 4 is 22.6 Å². The van der Waals surface area contributed by atoms with Gasteiger partial charge in [0.15, 0.2) is 11.6 Å². The molecule has 1 N–H and O–H groups in total. The van der Waals surface area contributed by atoms with Gasteiger partial charge in [0, 0.05) is 5.39 Å². The van der Waals surface area contributed by atoms with Crippen LogP contribution in [-0.2, 0) is 0 Å². The highest BCUT2D eigenvalue weighted by Crippen LogP contribution is 2.24. The van der Waals surface area contributed by atoms with Gasteiger partial charge < -0.3 is 5.32 Å². The van der Waals surface area contributed by atoms with Crippen molar-refractivity contribution in [1.29, 1.82) is 5.26 Å². The molecule has 0 aliphatic rings. The van der Waals surface area contributed by atoms with Crippen molar-refractivity contribution in [3.05, 3.63) is 83.3 Å². The summed E-state index contributed by atoms with van der Waals surface area (Å²) >= 11 is 0. The molecule has 0 fully saturated rings. The van der Waals surface area contributed by atoms with Gasteiger partial charge in [-0.15, -0.1) is 0 Å². The van der Waals surface area contributed by atoms with Gasteiger partial charge in [0.05, 0.1) is 17.3 Å². The van der Waals surface area contributed by atoms with Crippen molar-refractivity contribution in [3.63, 3.8) is 0 Å².